The van der Waals surface area contributed by atoms with E-state index in [0.717, 1.165) is 38.4 Å². The van der Waals surface area contributed by atoms with Crippen LogP contribution < -0.4 is 0 Å². The lowest BCUT2D eigenvalue weighted by Gasteiger charge is -2.52. The fraction of sp³-hybridized carbons (Fsp3) is 0.962. The van der Waals surface area contributed by atoms with Gasteiger partial charge in [0, 0.05) is 20.7 Å². The summed E-state index contributed by atoms with van der Waals surface area (Å²) in [5, 5.41) is 10.8. The first kappa shape index (κ1) is 18.3. The first-order chi connectivity index (χ1) is 16.1. The van der Waals surface area contributed by atoms with E-state index in [9.17, 15) is 9.90 Å². The average molecular weight is 445 g/mol. The van der Waals surface area contributed by atoms with Gasteiger partial charge in [-0.15, -0.1) is 0 Å². The highest BCUT2D eigenvalue weighted by molar-refractivity contribution is 6.74. The Morgan fingerprint density at radius 2 is 1.83 bits per heavy atom. The smallest absolute Gasteiger partial charge is 0.192 e. The number of aliphatic hydroxyl groups is 1. The van der Waals surface area contributed by atoms with Gasteiger partial charge in [0.2, 0.25) is 0 Å². The van der Waals surface area contributed by atoms with Crippen LogP contribution in [0.15, 0.2) is 0 Å². The number of hydrogen-bond acceptors (Lipinski definition) is 3. The summed E-state index contributed by atoms with van der Waals surface area (Å²) in [6.07, 6.45) is 7.13. The van der Waals surface area contributed by atoms with Crippen molar-refractivity contribution < 1.29 is 22.6 Å². The lowest BCUT2D eigenvalue weighted by atomic mass is 9.56. The number of carbonyl (C=O) groups excluding carboxylic acids is 1. The molecule has 2 rings (SSSR count). The van der Waals surface area contributed by atoms with Gasteiger partial charge in [0.15, 0.2) is 8.32 Å². The summed E-state index contributed by atoms with van der Waals surface area (Å²) < 4.78 is 53.0. The third-order valence-corrected chi connectivity index (χ3v) is 13.5. The minimum Gasteiger partial charge on any atom is -0.414 e. The molecule has 0 heterocycles. The van der Waals surface area contributed by atoms with Crippen molar-refractivity contribution in [3.05, 3.63) is 0 Å². The van der Waals surface area contributed by atoms with Gasteiger partial charge in [-0.1, -0.05) is 47.5 Å². The van der Waals surface area contributed by atoms with Crippen molar-refractivity contribution in [1.82, 2.24) is 0 Å². The van der Waals surface area contributed by atoms with Gasteiger partial charge in [0.05, 0.1) is 5.60 Å². The SMILES string of the molecule is [2H]C([2H])([2H])C(O)(CCC[C@](C)(CC=O)[C@H]1CC[C@H]2[C@@H](O[Si](C)(C)C(C)(C)C)CCC[C@]12C)C([2H])([2H])[2H]. The van der Waals surface area contributed by atoms with Crippen LogP contribution in [0.25, 0.3) is 0 Å². The van der Waals surface area contributed by atoms with E-state index in [4.69, 9.17) is 12.7 Å². The molecule has 3 nitrogen and oxygen atoms in total. The largest absolute Gasteiger partial charge is 0.414 e. The van der Waals surface area contributed by atoms with Crippen molar-refractivity contribution in [2.24, 2.45) is 22.7 Å². The fourth-order valence-electron chi connectivity index (χ4n) is 6.32. The zero-order valence-electron chi connectivity index (χ0n) is 26.4. The van der Waals surface area contributed by atoms with Crippen molar-refractivity contribution in [2.75, 3.05) is 0 Å². The van der Waals surface area contributed by atoms with E-state index in [-0.39, 0.29) is 35.3 Å². The van der Waals surface area contributed by atoms with Gasteiger partial charge in [-0.2, -0.15) is 0 Å². The normalized spacial score (nSPS) is 36.3. The van der Waals surface area contributed by atoms with E-state index in [1.165, 1.54) is 0 Å². The number of hydrogen-bond donors (Lipinski definition) is 1. The maximum Gasteiger partial charge on any atom is 0.192 e. The quantitative estimate of drug-likeness (QED) is 0.304. The highest BCUT2D eigenvalue weighted by Gasteiger charge is 2.57. The number of rotatable bonds is 9. The zero-order valence-corrected chi connectivity index (χ0v) is 21.4. The molecule has 0 amide bonds. The van der Waals surface area contributed by atoms with Crippen molar-refractivity contribution in [3.8, 4) is 0 Å². The van der Waals surface area contributed by atoms with Gasteiger partial charge in [-0.05, 0) is 93.0 Å². The van der Waals surface area contributed by atoms with Gasteiger partial charge in [-0.3, -0.25) is 0 Å². The van der Waals surface area contributed by atoms with E-state index in [1.54, 1.807) is 0 Å². The fourth-order valence-corrected chi connectivity index (χ4v) is 7.71. The summed E-state index contributed by atoms with van der Waals surface area (Å²) in [7, 11) is -1.94. The van der Waals surface area contributed by atoms with Crippen molar-refractivity contribution in [2.45, 2.75) is 136 Å². The Bertz CT molecular complexity index is 761. The molecule has 2 aliphatic carbocycles. The van der Waals surface area contributed by atoms with Crippen LogP contribution in [-0.4, -0.2) is 31.4 Å². The maximum absolute atomic E-state index is 11.8. The van der Waals surface area contributed by atoms with Crippen LogP contribution in [0.4, 0.5) is 0 Å². The highest BCUT2D eigenvalue weighted by Crippen LogP contribution is 2.63. The van der Waals surface area contributed by atoms with Crippen LogP contribution in [-0.2, 0) is 9.22 Å². The van der Waals surface area contributed by atoms with E-state index in [2.05, 4.69) is 47.7 Å². The summed E-state index contributed by atoms with van der Waals surface area (Å²) in [5.41, 5.74) is -3.14. The molecule has 4 heteroatoms. The first-order valence-corrected chi connectivity index (χ1v) is 14.8. The average Bonchev–Trinajstić information content (AvgIpc) is 3.04. The second-order valence-electron chi connectivity index (χ2n) is 12.3. The Hall–Kier alpha value is -0.193. The molecule has 0 aromatic carbocycles. The molecule has 0 spiro atoms. The van der Waals surface area contributed by atoms with Gasteiger partial charge in [0.25, 0.3) is 0 Å². The third kappa shape index (κ3) is 5.59. The van der Waals surface area contributed by atoms with Gasteiger partial charge in [0.1, 0.15) is 6.29 Å². The Balaban J connectivity index is 2.27. The molecule has 0 aliphatic heterocycles. The molecule has 2 saturated carbocycles. The Morgan fingerprint density at radius 1 is 1.17 bits per heavy atom. The Kier molecular flexibility index (Phi) is 5.46. The number of carbonyl (C=O) groups is 1. The lowest BCUT2D eigenvalue weighted by Crippen LogP contribution is -2.51. The van der Waals surface area contributed by atoms with Crippen LogP contribution in [0.5, 0.6) is 0 Å². The predicted molar refractivity (Wildman–Crippen MR) is 129 cm³/mol. The highest BCUT2D eigenvalue weighted by atomic mass is 28.4. The summed E-state index contributed by atoms with van der Waals surface area (Å²) in [6, 6.07) is 0. The minimum atomic E-state index is -3.01. The topological polar surface area (TPSA) is 46.5 Å². The first-order valence-electron chi connectivity index (χ1n) is 14.9. The van der Waals surface area contributed by atoms with Crippen molar-refractivity contribution in [3.63, 3.8) is 0 Å². The molecule has 0 saturated heterocycles. The molecule has 0 bridgehead atoms. The molecule has 0 radical (unpaired) electrons. The molecule has 2 fully saturated rings. The number of aldehydes is 1. The molecular weight excluding hydrogens is 388 g/mol. The molecule has 176 valence electrons. The van der Waals surface area contributed by atoms with Crippen LogP contribution >= 0.6 is 0 Å². The molecular formula is C26H50O3Si. The summed E-state index contributed by atoms with van der Waals surface area (Å²) in [5.74, 6) is 0.665. The van der Waals surface area contributed by atoms with Crippen LogP contribution in [0.3, 0.4) is 0 Å². The molecule has 1 N–H and O–H groups in total. The van der Waals surface area contributed by atoms with E-state index < -0.39 is 33.0 Å². The van der Waals surface area contributed by atoms with Crippen molar-refractivity contribution >= 4 is 14.6 Å². The summed E-state index contributed by atoms with van der Waals surface area (Å²) >= 11 is 0. The van der Waals surface area contributed by atoms with Gasteiger partial charge in [-0.25, -0.2) is 0 Å². The number of fused-ring (bicyclic) bond motifs is 1. The van der Waals surface area contributed by atoms with Crippen LogP contribution in [0.1, 0.15) is 114 Å². The second-order valence-corrected chi connectivity index (χ2v) is 17.0. The van der Waals surface area contributed by atoms with Crippen LogP contribution in [0.2, 0.25) is 18.1 Å². The third-order valence-electron chi connectivity index (χ3n) is 8.99. The lowest BCUT2D eigenvalue weighted by molar-refractivity contribution is -0.112. The Morgan fingerprint density at radius 3 is 2.40 bits per heavy atom. The van der Waals surface area contributed by atoms with E-state index in [0.29, 0.717) is 18.8 Å². The summed E-state index contributed by atoms with van der Waals surface area (Å²) in [4.78, 5) is 11.8. The van der Waals surface area contributed by atoms with E-state index >= 15 is 0 Å². The molecule has 30 heavy (non-hydrogen) atoms. The van der Waals surface area contributed by atoms with Crippen LogP contribution in [0, 0.1) is 22.7 Å². The molecule has 2 aliphatic rings. The standard InChI is InChI=1S/C26H50O3Si/c1-23(2,3)30(8,9)29-21-12-10-17-26(7)20(21)13-14-22(26)25(6,18-19-27)16-11-15-24(4,5)28/h19-22,28H,10-18H2,1-9H3/t20-,21-,22+,25+,26-/m0/s1/i4D3,5D3. The molecule has 5 atom stereocenters. The second kappa shape index (κ2) is 8.98. The monoisotopic (exact) mass is 444 g/mol. The van der Waals surface area contributed by atoms with Gasteiger partial charge >= 0.3 is 0 Å². The zero-order chi connectivity index (χ0) is 28.0. The van der Waals surface area contributed by atoms with Gasteiger partial charge < -0.3 is 14.3 Å². The maximum atomic E-state index is 11.8. The molecule has 0 aromatic rings. The molecule has 0 aromatic heterocycles. The minimum absolute atomic E-state index is 0.00734. The predicted octanol–water partition coefficient (Wildman–Crippen LogP) is 7.13. The van der Waals surface area contributed by atoms with E-state index in [1.807, 2.05) is 0 Å². The molecule has 0 unspecified atom stereocenters. The van der Waals surface area contributed by atoms with Crippen molar-refractivity contribution in [1.29, 1.82) is 0 Å². The Labute approximate surface area is 196 Å². The summed E-state index contributed by atoms with van der Waals surface area (Å²) in [6.45, 7) is 9.82.